The van der Waals surface area contributed by atoms with Gasteiger partial charge in [0.2, 0.25) is 17.2 Å². The van der Waals surface area contributed by atoms with E-state index >= 15 is 0 Å². The predicted octanol–water partition coefficient (Wildman–Crippen LogP) is 2.98. The molecule has 3 rings (SSSR count). The summed E-state index contributed by atoms with van der Waals surface area (Å²) in [5.74, 6) is -0.194. The van der Waals surface area contributed by atoms with Gasteiger partial charge in [0.25, 0.3) is 0 Å². The highest BCUT2D eigenvalue weighted by atomic mass is 16.5. The summed E-state index contributed by atoms with van der Waals surface area (Å²) in [5, 5.41) is 6.84. The van der Waals surface area contributed by atoms with Crippen molar-refractivity contribution in [2.24, 2.45) is 5.10 Å². The van der Waals surface area contributed by atoms with Gasteiger partial charge in [-0.15, -0.1) is 0 Å². The molecule has 0 unspecified atom stereocenters. The molecule has 154 valence electrons. The summed E-state index contributed by atoms with van der Waals surface area (Å²) < 4.78 is 10.5. The number of hydrogen-bond acceptors (Lipinski definition) is 6. The molecule has 2 aromatic carbocycles. The van der Waals surface area contributed by atoms with Crippen LogP contribution >= 0.6 is 0 Å². The summed E-state index contributed by atoms with van der Waals surface area (Å²) in [4.78, 5) is 36.3. The molecule has 0 saturated heterocycles. The molecule has 0 saturated carbocycles. The lowest BCUT2D eigenvalue weighted by Crippen LogP contribution is -2.21. The van der Waals surface area contributed by atoms with Crippen molar-refractivity contribution in [2.75, 3.05) is 12.4 Å². The Morgan fingerprint density at radius 1 is 1.10 bits per heavy atom. The summed E-state index contributed by atoms with van der Waals surface area (Å²) in [5.41, 5.74) is 4.35. The molecule has 0 aliphatic carbocycles. The average molecular weight is 407 g/mol. The first-order valence-electron chi connectivity index (χ1n) is 9.24. The van der Waals surface area contributed by atoms with Crippen LogP contribution in [0.3, 0.4) is 0 Å². The molecule has 0 aliphatic rings. The zero-order chi connectivity index (χ0) is 21.5. The molecular formula is C22H21N3O5. The van der Waals surface area contributed by atoms with Gasteiger partial charge in [-0.25, -0.2) is 5.43 Å². The van der Waals surface area contributed by atoms with Gasteiger partial charge in [-0.2, -0.15) is 5.10 Å². The smallest absolute Gasteiger partial charge is 0.240 e. The Kier molecular flexibility index (Phi) is 6.59. The molecule has 1 heterocycles. The van der Waals surface area contributed by atoms with Crippen molar-refractivity contribution < 1.29 is 18.7 Å². The lowest BCUT2D eigenvalue weighted by atomic mass is 10.2. The van der Waals surface area contributed by atoms with Crippen LogP contribution in [-0.4, -0.2) is 25.1 Å². The van der Waals surface area contributed by atoms with Gasteiger partial charge in [-0.1, -0.05) is 17.7 Å². The number of aryl methyl sites for hydroxylation is 1. The lowest BCUT2D eigenvalue weighted by molar-refractivity contribution is -0.124. The van der Waals surface area contributed by atoms with E-state index in [-0.39, 0.29) is 29.7 Å². The van der Waals surface area contributed by atoms with Crippen LogP contribution in [0.25, 0.3) is 11.0 Å². The fourth-order valence-corrected chi connectivity index (χ4v) is 2.66. The third kappa shape index (κ3) is 5.32. The van der Waals surface area contributed by atoms with Crippen molar-refractivity contribution in [3.63, 3.8) is 0 Å². The summed E-state index contributed by atoms with van der Waals surface area (Å²) in [6, 6.07) is 12.3. The Bertz CT molecular complexity index is 1150. The van der Waals surface area contributed by atoms with Crippen LogP contribution in [0.15, 0.2) is 63.0 Å². The van der Waals surface area contributed by atoms with Crippen molar-refractivity contribution in [1.29, 1.82) is 0 Å². The Morgan fingerprint density at radius 3 is 2.57 bits per heavy atom. The van der Waals surface area contributed by atoms with Crippen molar-refractivity contribution in [3.05, 3.63) is 70.1 Å². The van der Waals surface area contributed by atoms with Gasteiger partial charge in [0.05, 0.1) is 24.3 Å². The number of ether oxygens (including phenoxy) is 1. The van der Waals surface area contributed by atoms with Gasteiger partial charge in [0.1, 0.15) is 17.6 Å². The largest absolute Gasteiger partial charge is 0.497 e. The highest BCUT2D eigenvalue weighted by molar-refractivity contribution is 5.93. The van der Waals surface area contributed by atoms with Gasteiger partial charge in [0.15, 0.2) is 0 Å². The lowest BCUT2D eigenvalue weighted by Gasteiger charge is -2.05. The van der Waals surface area contributed by atoms with Crippen LogP contribution in [-0.2, 0) is 9.59 Å². The number of carbonyl (C=O) groups excluding carboxylic acids is 2. The molecule has 0 atom stereocenters. The summed E-state index contributed by atoms with van der Waals surface area (Å²) in [6.45, 7) is 1.95. The number of carbonyl (C=O) groups is 2. The number of hydrogen-bond donors (Lipinski definition) is 2. The highest BCUT2D eigenvalue weighted by Crippen LogP contribution is 2.18. The van der Waals surface area contributed by atoms with Crippen LogP contribution < -0.4 is 20.9 Å². The quantitative estimate of drug-likeness (QED) is 0.462. The molecule has 2 amide bonds. The number of nitrogens with zero attached hydrogens (tertiary/aromatic N) is 1. The van der Waals surface area contributed by atoms with Crippen LogP contribution in [0.2, 0.25) is 0 Å². The van der Waals surface area contributed by atoms with Crippen LogP contribution in [0.1, 0.15) is 24.0 Å². The van der Waals surface area contributed by atoms with Crippen molar-refractivity contribution in [1.82, 2.24) is 5.43 Å². The molecular weight excluding hydrogens is 386 g/mol. The number of hydrazone groups is 1. The number of methoxy groups -OCH3 is 1. The number of nitrogens with one attached hydrogen (secondary N) is 2. The molecule has 0 fully saturated rings. The monoisotopic (exact) mass is 407 g/mol. The standard InChI is InChI=1S/C22H21N3O5/c1-14-3-5-16(6-4-14)24-20(26)9-10-21(27)25-23-12-15-13-30-19-8-7-17(29-2)11-18(19)22(15)28/h3-8,11-13H,9-10H2,1-2H3,(H,24,26)(H,25,27)/b23-12-. The van der Waals surface area contributed by atoms with E-state index in [1.165, 1.54) is 19.6 Å². The molecule has 0 aliphatic heterocycles. The van der Waals surface area contributed by atoms with Crippen LogP contribution in [0.5, 0.6) is 5.75 Å². The maximum atomic E-state index is 12.5. The topological polar surface area (TPSA) is 110 Å². The van der Waals surface area contributed by atoms with E-state index in [2.05, 4.69) is 15.8 Å². The van der Waals surface area contributed by atoms with E-state index < -0.39 is 5.91 Å². The fraction of sp³-hybridized carbons (Fsp3) is 0.182. The van der Waals surface area contributed by atoms with Gasteiger partial charge in [-0.3, -0.25) is 14.4 Å². The minimum atomic E-state index is -0.447. The van der Waals surface area contributed by atoms with Crippen molar-refractivity contribution >= 4 is 34.7 Å². The minimum Gasteiger partial charge on any atom is -0.497 e. The van der Waals surface area contributed by atoms with Gasteiger partial charge >= 0.3 is 0 Å². The molecule has 8 heteroatoms. The van der Waals surface area contributed by atoms with Crippen LogP contribution in [0, 0.1) is 6.92 Å². The molecule has 0 radical (unpaired) electrons. The number of fused-ring (bicyclic) bond motifs is 1. The van der Waals surface area contributed by atoms with E-state index in [4.69, 9.17) is 9.15 Å². The summed E-state index contributed by atoms with van der Waals surface area (Å²) in [7, 11) is 1.50. The summed E-state index contributed by atoms with van der Waals surface area (Å²) >= 11 is 0. The Balaban J connectivity index is 1.54. The molecule has 3 aromatic rings. The second-order valence-electron chi connectivity index (χ2n) is 6.59. The van der Waals surface area contributed by atoms with E-state index in [1.54, 1.807) is 30.3 Å². The third-order valence-corrected chi connectivity index (χ3v) is 4.31. The Hall–Kier alpha value is -3.94. The first-order valence-corrected chi connectivity index (χ1v) is 9.24. The second-order valence-corrected chi connectivity index (χ2v) is 6.59. The van der Waals surface area contributed by atoms with E-state index in [0.29, 0.717) is 22.4 Å². The zero-order valence-electron chi connectivity index (χ0n) is 16.6. The third-order valence-electron chi connectivity index (χ3n) is 4.31. The first kappa shape index (κ1) is 20.8. The van der Waals surface area contributed by atoms with Crippen molar-refractivity contribution in [2.45, 2.75) is 19.8 Å². The SMILES string of the molecule is COc1ccc2occ(/C=N\NC(=O)CCC(=O)Nc3ccc(C)cc3)c(=O)c2c1. The maximum absolute atomic E-state index is 12.5. The molecule has 1 aromatic heterocycles. The second kappa shape index (κ2) is 9.51. The molecule has 2 N–H and O–H groups in total. The average Bonchev–Trinajstić information content (AvgIpc) is 2.75. The highest BCUT2D eigenvalue weighted by Gasteiger charge is 2.08. The maximum Gasteiger partial charge on any atom is 0.240 e. The molecule has 8 nitrogen and oxygen atoms in total. The molecule has 0 bridgehead atoms. The predicted molar refractivity (Wildman–Crippen MR) is 114 cm³/mol. The van der Waals surface area contributed by atoms with Gasteiger partial charge in [0, 0.05) is 18.5 Å². The normalized spacial score (nSPS) is 10.9. The molecule has 0 spiro atoms. The number of amides is 2. The van der Waals surface area contributed by atoms with Crippen molar-refractivity contribution in [3.8, 4) is 5.75 Å². The Labute approximate surface area is 172 Å². The van der Waals surface area contributed by atoms with E-state index in [1.807, 2.05) is 19.1 Å². The fourth-order valence-electron chi connectivity index (χ4n) is 2.66. The Morgan fingerprint density at radius 2 is 1.83 bits per heavy atom. The van der Waals surface area contributed by atoms with E-state index in [0.717, 1.165) is 5.56 Å². The number of benzene rings is 2. The molecule has 30 heavy (non-hydrogen) atoms. The first-order chi connectivity index (χ1) is 14.5. The minimum absolute atomic E-state index is 0.00708. The van der Waals surface area contributed by atoms with Gasteiger partial charge < -0.3 is 14.5 Å². The zero-order valence-corrected chi connectivity index (χ0v) is 16.6. The van der Waals surface area contributed by atoms with Gasteiger partial charge in [-0.05, 0) is 37.3 Å². The summed E-state index contributed by atoms with van der Waals surface area (Å²) in [6.07, 6.45) is 2.43. The van der Waals surface area contributed by atoms with Crippen LogP contribution in [0.4, 0.5) is 5.69 Å². The number of anilines is 1. The number of rotatable bonds is 7. The van der Waals surface area contributed by atoms with E-state index in [9.17, 15) is 14.4 Å².